The van der Waals surface area contributed by atoms with Gasteiger partial charge in [-0.15, -0.1) is 11.3 Å². The Kier molecular flexibility index (Phi) is 6.95. The molecule has 144 valence electrons. The van der Waals surface area contributed by atoms with Crippen molar-refractivity contribution < 1.29 is 9.72 Å². The van der Waals surface area contributed by atoms with Crippen molar-refractivity contribution in [1.82, 2.24) is 9.80 Å². The van der Waals surface area contributed by atoms with Crippen LogP contribution in [-0.4, -0.2) is 53.4 Å². The van der Waals surface area contributed by atoms with Crippen LogP contribution in [0.3, 0.4) is 0 Å². The summed E-state index contributed by atoms with van der Waals surface area (Å²) in [5.74, 6) is -0.124. The van der Waals surface area contributed by atoms with Gasteiger partial charge in [-0.2, -0.15) is 0 Å². The van der Waals surface area contributed by atoms with Crippen LogP contribution in [0.15, 0.2) is 40.2 Å². The molecule has 0 radical (unpaired) electrons. The molecule has 1 fully saturated rings. The lowest BCUT2D eigenvalue weighted by Gasteiger charge is -2.34. The molecule has 27 heavy (non-hydrogen) atoms. The maximum atomic E-state index is 12.1. The van der Waals surface area contributed by atoms with Crippen molar-refractivity contribution >= 4 is 44.5 Å². The van der Waals surface area contributed by atoms with Gasteiger partial charge in [0.25, 0.3) is 5.69 Å². The highest BCUT2D eigenvalue weighted by atomic mass is 79.9. The van der Waals surface area contributed by atoms with Crippen molar-refractivity contribution in [2.75, 3.05) is 38.0 Å². The highest BCUT2D eigenvalue weighted by Gasteiger charge is 2.18. The summed E-state index contributed by atoms with van der Waals surface area (Å²) < 4.78 is 1.16. The van der Waals surface area contributed by atoms with E-state index in [1.165, 1.54) is 17.0 Å². The number of carbonyl (C=O) groups is 1. The quantitative estimate of drug-likeness (QED) is 0.513. The topological polar surface area (TPSA) is 78.7 Å². The number of nitro groups is 1. The third kappa shape index (κ3) is 6.10. The number of carbonyl (C=O) groups excluding carboxylic acids is 1. The summed E-state index contributed by atoms with van der Waals surface area (Å²) >= 11 is 5.26. The number of amides is 1. The summed E-state index contributed by atoms with van der Waals surface area (Å²) in [7, 11) is 0. The maximum absolute atomic E-state index is 12.1. The van der Waals surface area contributed by atoms with Crippen LogP contribution in [0.4, 0.5) is 11.4 Å². The van der Waals surface area contributed by atoms with Crippen molar-refractivity contribution in [3.63, 3.8) is 0 Å². The molecule has 0 unspecified atom stereocenters. The normalized spacial score (nSPS) is 15.6. The van der Waals surface area contributed by atoms with Crippen LogP contribution in [0.2, 0.25) is 0 Å². The first-order valence-electron chi connectivity index (χ1n) is 8.73. The molecule has 1 aromatic carbocycles. The molecule has 0 bridgehead atoms. The van der Waals surface area contributed by atoms with Crippen LogP contribution in [0, 0.1) is 10.1 Å². The lowest BCUT2D eigenvalue weighted by atomic mass is 10.2. The minimum atomic E-state index is -0.468. The van der Waals surface area contributed by atoms with Crippen molar-refractivity contribution in [1.29, 1.82) is 0 Å². The van der Waals surface area contributed by atoms with Gasteiger partial charge in [0.05, 0.1) is 8.71 Å². The summed E-state index contributed by atoms with van der Waals surface area (Å²) in [4.78, 5) is 28.5. The van der Waals surface area contributed by atoms with E-state index in [0.717, 1.165) is 36.5 Å². The average molecular weight is 453 g/mol. The molecule has 1 aliphatic heterocycles. The Labute approximate surface area is 170 Å². The van der Waals surface area contributed by atoms with E-state index in [1.54, 1.807) is 23.5 Å². The Hall–Kier alpha value is -1.81. The molecule has 3 rings (SSSR count). The van der Waals surface area contributed by atoms with Gasteiger partial charge >= 0.3 is 0 Å². The fraction of sp³-hybridized carbons (Fsp3) is 0.389. The molecule has 0 aliphatic carbocycles. The van der Waals surface area contributed by atoms with Crippen molar-refractivity contribution in [2.45, 2.75) is 13.0 Å². The number of hydrogen-bond acceptors (Lipinski definition) is 6. The molecule has 1 aromatic heterocycles. The van der Waals surface area contributed by atoms with Gasteiger partial charge < -0.3 is 10.2 Å². The van der Waals surface area contributed by atoms with E-state index in [4.69, 9.17) is 0 Å². The summed E-state index contributed by atoms with van der Waals surface area (Å²) in [6.45, 7) is 5.52. The zero-order chi connectivity index (χ0) is 19.2. The predicted molar refractivity (Wildman–Crippen MR) is 110 cm³/mol. The van der Waals surface area contributed by atoms with Gasteiger partial charge in [0.15, 0.2) is 0 Å². The first-order chi connectivity index (χ1) is 13.0. The maximum Gasteiger partial charge on any atom is 0.271 e. The van der Waals surface area contributed by atoms with Crippen LogP contribution in [-0.2, 0) is 11.3 Å². The minimum absolute atomic E-state index is 0.0262. The number of nitrogens with one attached hydrogen (secondary N) is 1. The van der Waals surface area contributed by atoms with Gasteiger partial charge in [-0.05, 0) is 34.1 Å². The number of non-ortho nitro benzene ring substituents is 1. The third-order valence-corrected chi connectivity index (χ3v) is 6.08. The first-order valence-corrected chi connectivity index (χ1v) is 10.3. The Morgan fingerprint density at radius 2 is 1.93 bits per heavy atom. The highest BCUT2D eigenvalue weighted by Crippen LogP contribution is 2.23. The standard InChI is InChI=1S/C18H21BrN4O3S/c19-17-5-4-16(27-17)13-22-10-8-21(9-11-22)7-6-18(24)20-14-2-1-3-15(12-14)23(25)26/h1-5,12H,6-11,13H2,(H,20,24). The Morgan fingerprint density at radius 3 is 2.59 bits per heavy atom. The van der Waals surface area contributed by atoms with Gasteiger partial charge in [-0.3, -0.25) is 19.8 Å². The second-order valence-corrected chi connectivity index (χ2v) is 8.98. The van der Waals surface area contributed by atoms with Gasteiger partial charge in [-0.1, -0.05) is 6.07 Å². The molecule has 0 spiro atoms. The first kappa shape index (κ1) is 19.9. The second kappa shape index (κ2) is 9.41. The Morgan fingerprint density at radius 1 is 1.19 bits per heavy atom. The van der Waals surface area contributed by atoms with Gasteiger partial charge in [-0.25, -0.2) is 0 Å². The predicted octanol–water partition coefficient (Wildman–Crippen LogP) is 3.57. The molecular weight excluding hydrogens is 432 g/mol. The number of anilines is 1. The van der Waals surface area contributed by atoms with Crippen LogP contribution >= 0.6 is 27.3 Å². The van der Waals surface area contributed by atoms with Crippen LogP contribution in [0.1, 0.15) is 11.3 Å². The number of hydrogen-bond donors (Lipinski definition) is 1. The monoisotopic (exact) mass is 452 g/mol. The van der Waals surface area contributed by atoms with E-state index in [2.05, 4.69) is 43.2 Å². The molecular formula is C18H21BrN4O3S. The van der Waals surface area contributed by atoms with E-state index in [0.29, 0.717) is 18.7 Å². The molecule has 1 amide bonds. The fourth-order valence-electron chi connectivity index (χ4n) is 3.01. The number of piperazine rings is 1. The second-order valence-electron chi connectivity index (χ2n) is 6.43. The molecule has 0 saturated carbocycles. The zero-order valence-electron chi connectivity index (χ0n) is 14.8. The van der Waals surface area contributed by atoms with Crippen LogP contribution in [0.5, 0.6) is 0 Å². The molecule has 9 heteroatoms. The molecule has 0 atom stereocenters. The van der Waals surface area contributed by atoms with E-state index < -0.39 is 4.92 Å². The van der Waals surface area contributed by atoms with Crippen molar-refractivity contribution in [3.8, 4) is 0 Å². The van der Waals surface area contributed by atoms with Gasteiger partial charge in [0, 0.05) is 68.4 Å². The van der Waals surface area contributed by atoms with E-state index in [-0.39, 0.29) is 11.6 Å². The van der Waals surface area contributed by atoms with Crippen molar-refractivity contribution in [3.05, 3.63) is 55.2 Å². The fourth-order valence-corrected chi connectivity index (χ4v) is 4.53. The number of benzene rings is 1. The minimum Gasteiger partial charge on any atom is -0.326 e. The summed E-state index contributed by atoms with van der Waals surface area (Å²) in [6, 6.07) is 10.2. The molecule has 1 aliphatic rings. The van der Waals surface area contributed by atoms with Gasteiger partial charge in [0.2, 0.25) is 5.91 Å². The molecule has 2 heterocycles. The summed E-state index contributed by atoms with van der Waals surface area (Å²) in [5, 5.41) is 13.5. The third-order valence-electron chi connectivity index (χ3n) is 4.47. The number of nitrogens with zero attached hydrogens (tertiary/aromatic N) is 3. The van der Waals surface area contributed by atoms with E-state index in [9.17, 15) is 14.9 Å². The largest absolute Gasteiger partial charge is 0.326 e. The summed E-state index contributed by atoms with van der Waals surface area (Å²) in [5.41, 5.74) is 0.433. The highest BCUT2D eigenvalue weighted by molar-refractivity contribution is 9.11. The lowest BCUT2D eigenvalue weighted by Crippen LogP contribution is -2.46. The smallest absolute Gasteiger partial charge is 0.271 e. The lowest BCUT2D eigenvalue weighted by molar-refractivity contribution is -0.384. The van der Waals surface area contributed by atoms with Crippen LogP contribution in [0.25, 0.3) is 0 Å². The molecule has 7 nitrogen and oxygen atoms in total. The van der Waals surface area contributed by atoms with E-state index >= 15 is 0 Å². The van der Waals surface area contributed by atoms with Crippen LogP contribution < -0.4 is 5.32 Å². The number of halogens is 1. The molecule has 2 aromatic rings. The zero-order valence-corrected chi connectivity index (χ0v) is 17.2. The molecule has 1 saturated heterocycles. The Balaban J connectivity index is 1.39. The van der Waals surface area contributed by atoms with E-state index in [1.807, 2.05) is 0 Å². The number of thiophene rings is 1. The Bertz CT molecular complexity index is 805. The number of rotatable bonds is 7. The average Bonchev–Trinajstić information content (AvgIpc) is 3.06. The number of nitro benzene ring substituents is 1. The van der Waals surface area contributed by atoms with Crippen molar-refractivity contribution in [2.24, 2.45) is 0 Å². The molecule has 1 N–H and O–H groups in total. The summed E-state index contributed by atoms with van der Waals surface area (Å²) in [6.07, 6.45) is 0.376. The SMILES string of the molecule is O=C(CCN1CCN(Cc2ccc(Br)s2)CC1)Nc1cccc([N+](=O)[O-])c1. The van der Waals surface area contributed by atoms with Gasteiger partial charge in [0.1, 0.15) is 0 Å².